The second-order valence-electron chi connectivity index (χ2n) is 4.26. The van der Waals surface area contributed by atoms with Crippen LogP contribution in [0.25, 0.3) is 0 Å². The summed E-state index contributed by atoms with van der Waals surface area (Å²) in [5.41, 5.74) is 0. The van der Waals surface area contributed by atoms with Crippen molar-refractivity contribution in [2.24, 2.45) is 0 Å². The molecular weight excluding hydrogens is 242 g/mol. The van der Waals surface area contributed by atoms with Crippen molar-refractivity contribution in [2.45, 2.75) is 39.7 Å². The summed E-state index contributed by atoms with van der Waals surface area (Å²) in [6.45, 7) is 12.7. The van der Waals surface area contributed by atoms with Crippen molar-refractivity contribution < 1.29 is 26.2 Å². The number of hydrogen-bond acceptors (Lipinski definition) is 1. The summed E-state index contributed by atoms with van der Waals surface area (Å²) < 4.78 is 6.79. The Labute approximate surface area is 99.0 Å². The zero-order chi connectivity index (χ0) is 9.73. The number of likely N-dealkylation sites (N-methyl/N-ethyl adjacent to an activating group) is 1. The molecule has 86 valence electrons. The number of unbranched alkanes of at least 4 members (excludes halogenated alkanes) is 1. The van der Waals surface area contributed by atoms with Gasteiger partial charge >= 0.3 is 0 Å². The second-order valence-corrected chi connectivity index (χ2v) is 4.26. The first-order chi connectivity index (χ1) is 6.25. The van der Waals surface area contributed by atoms with Gasteiger partial charge in [-0.15, -0.1) is 0 Å². The summed E-state index contributed by atoms with van der Waals surface area (Å²) in [7, 11) is 0. The Kier molecular flexibility index (Phi) is 7.00. The van der Waals surface area contributed by atoms with Crippen LogP contribution in [0.5, 0.6) is 0 Å². The lowest BCUT2D eigenvalue weighted by atomic mass is 10.1. The molecule has 0 N–H and O–H groups in total. The third kappa shape index (κ3) is 3.21. The van der Waals surface area contributed by atoms with Crippen LogP contribution in [0, 0.1) is 0 Å². The minimum Gasteiger partial charge on any atom is -1.00 e. The summed E-state index contributed by atoms with van der Waals surface area (Å²) >= 11 is 0. The lowest BCUT2D eigenvalue weighted by Gasteiger charge is -2.45. The van der Waals surface area contributed by atoms with Gasteiger partial charge in [0.1, 0.15) is 12.6 Å². The van der Waals surface area contributed by atoms with Crippen LogP contribution in [0.2, 0.25) is 0 Å². The number of morpholine rings is 1. The molecular formula is C11H24BrNO. The molecule has 2 unspecified atom stereocenters. The van der Waals surface area contributed by atoms with Crippen molar-refractivity contribution in [3.8, 4) is 0 Å². The highest BCUT2D eigenvalue weighted by Gasteiger charge is 2.34. The lowest BCUT2D eigenvalue weighted by Crippen LogP contribution is -3.00. The van der Waals surface area contributed by atoms with Crippen molar-refractivity contribution in [1.82, 2.24) is 0 Å². The van der Waals surface area contributed by atoms with Crippen LogP contribution in [0.3, 0.4) is 0 Å². The summed E-state index contributed by atoms with van der Waals surface area (Å²) in [6.07, 6.45) is 2.67. The van der Waals surface area contributed by atoms with Gasteiger partial charge in [-0.3, -0.25) is 0 Å². The highest BCUT2D eigenvalue weighted by Crippen LogP contribution is 2.19. The smallest absolute Gasteiger partial charge is 0.110 e. The normalized spacial score (nSPS) is 32.4. The van der Waals surface area contributed by atoms with E-state index in [1.54, 1.807) is 0 Å². The minimum absolute atomic E-state index is 0. The molecule has 0 bridgehead atoms. The van der Waals surface area contributed by atoms with Gasteiger partial charge in [0, 0.05) is 0 Å². The number of nitrogens with zero attached hydrogens (tertiary/aromatic N) is 1. The Balaban J connectivity index is 0.00000169. The Morgan fingerprint density at radius 2 is 2.07 bits per heavy atom. The Morgan fingerprint density at radius 3 is 2.57 bits per heavy atom. The van der Waals surface area contributed by atoms with Crippen molar-refractivity contribution >= 4 is 0 Å². The van der Waals surface area contributed by atoms with Crippen LogP contribution in [0.1, 0.15) is 33.6 Å². The van der Waals surface area contributed by atoms with Crippen LogP contribution < -0.4 is 17.0 Å². The van der Waals surface area contributed by atoms with Gasteiger partial charge in [0.05, 0.1) is 26.3 Å². The Morgan fingerprint density at radius 1 is 1.36 bits per heavy atom. The summed E-state index contributed by atoms with van der Waals surface area (Å²) in [5.74, 6) is 0. The van der Waals surface area contributed by atoms with Gasteiger partial charge in [0.15, 0.2) is 0 Å². The highest BCUT2D eigenvalue weighted by atomic mass is 79.9. The fraction of sp³-hybridized carbons (Fsp3) is 1.00. The molecule has 1 aliphatic rings. The standard InChI is InChI=1S/C11H24NO.BrH/c1-4-6-7-12(5-2)8-9-13-10-11(12)3;/h11H,4-10H2,1-3H3;1H/q+1;/p-1. The van der Waals surface area contributed by atoms with E-state index in [0.717, 1.165) is 13.2 Å². The van der Waals surface area contributed by atoms with Crippen LogP contribution in [0.4, 0.5) is 0 Å². The summed E-state index contributed by atoms with van der Waals surface area (Å²) in [4.78, 5) is 0. The number of rotatable bonds is 4. The Hall–Kier alpha value is 0.400. The molecule has 0 aromatic heterocycles. The molecule has 2 atom stereocenters. The van der Waals surface area contributed by atoms with Gasteiger partial charge in [-0.25, -0.2) is 0 Å². The quantitative estimate of drug-likeness (QED) is 0.596. The predicted octanol–water partition coefficient (Wildman–Crippen LogP) is -0.954. The summed E-state index contributed by atoms with van der Waals surface area (Å²) in [5, 5.41) is 0. The lowest BCUT2D eigenvalue weighted by molar-refractivity contribution is -0.955. The number of halogens is 1. The molecule has 0 radical (unpaired) electrons. The van der Waals surface area contributed by atoms with E-state index in [4.69, 9.17) is 4.74 Å². The van der Waals surface area contributed by atoms with E-state index in [-0.39, 0.29) is 17.0 Å². The molecule has 1 fully saturated rings. The van der Waals surface area contributed by atoms with Crippen molar-refractivity contribution in [3.63, 3.8) is 0 Å². The van der Waals surface area contributed by atoms with E-state index in [2.05, 4.69) is 20.8 Å². The van der Waals surface area contributed by atoms with Crippen molar-refractivity contribution in [2.75, 3.05) is 32.8 Å². The fourth-order valence-electron chi connectivity index (χ4n) is 2.31. The molecule has 0 aromatic carbocycles. The molecule has 2 nitrogen and oxygen atoms in total. The first-order valence-corrected chi connectivity index (χ1v) is 5.68. The maximum Gasteiger partial charge on any atom is 0.110 e. The van der Waals surface area contributed by atoms with Gasteiger partial charge in [0.2, 0.25) is 0 Å². The van der Waals surface area contributed by atoms with Crippen LogP contribution in [-0.4, -0.2) is 43.4 Å². The van der Waals surface area contributed by atoms with E-state index in [0.29, 0.717) is 6.04 Å². The monoisotopic (exact) mass is 265 g/mol. The average Bonchev–Trinajstić information content (AvgIpc) is 2.17. The van der Waals surface area contributed by atoms with Crippen LogP contribution in [-0.2, 0) is 4.74 Å². The SMILES string of the molecule is CCCC[N+]1(CC)CCOCC1C.[Br-]. The van der Waals surface area contributed by atoms with E-state index >= 15 is 0 Å². The maximum atomic E-state index is 5.50. The van der Waals surface area contributed by atoms with Gasteiger partial charge in [-0.2, -0.15) is 0 Å². The van der Waals surface area contributed by atoms with Gasteiger partial charge in [0.25, 0.3) is 0 Å². The van der Waals surface area contributed by atoms with Gasteiger partial charge in [-0.1, -0.05) is 13.3 Å². The molecule has 3 heteroatoms. The zero-order valence-corrected chi connectivity index (χ0v) is 11.3. The molecule has 1 rings (SSSR count). The maximum absolute atomic E-state index is 5.50. The Bertz CT molecular complexity index is 154. The van der Waals surface area contributed by atoms with E-state index in [1.165, 1.54) is 37.0 Å². The average molecular weight is 266 g/mol. The first kappa shape index (κ1) is 14.4. The topological polar surface area (TPSA) is 9.23 Å². The molecule has 0 spiro atoms. The van der Waals surface area contributed by atoms with Crippen molar-refractivity contribution in [1.29, 1.82) is 0 Å². The molecule has 1 aliphatic heterocycles. The second kappa shape index (κ2) is 6.81. The third-order valence-electron chi connectivity index (χ3n) is 3.56. The highest BCUT2D eigenvalue weighted by molar-refractivity contribution is 4.58. The molecule has 0 saturated carbocycles. The third-order valence-corrected chi connectivity index (χ3v) is 3.56. The van der Waals surface area contributed by atoms with E-state index in [1.807, 2.05) is 0 Å². The molecule has 1 saturated heterocycles. The minimum atomic E-state index is 0. The van der Waals surface area contributed by atoms with Gasteiger partial charge in [-0.05, 0) is 20.3 Å². The number of ether oxygens (including phenoxy) is 1. The number of quaternary nitrogens is 1. The van der Waals surface area contributed by atoms with Crippen molar-refractivity contribution in [3.05, 3.63) is 0 Å². The molecule has 0 aliphatic carbocycles. The fourth-order valence-corrected chi connectivity index (χ4v) is 2.31. The van der Waals surface area contributed by atoms with Crippen LogP contribution >= 0.6 is 0 Å². The predicted molar refractivity (Wildman–Crippen MR) is 55.7 cm³/mol. The molecule has 14 heavy (non-hydrogen) atoms. The van der Waals surface area contributed by atoms with E-state index < -0.39 is 0 Å². The molecule has 0 amide bonds. The molecule has 1 heterocycles. The summed E-state index contributed by atoms with van der Waals surface area (Å²) in [6, 6.07) is 0.699. The zero-order valence-electron chi connectivity index (χ0n) is 9.76. The van der Waals surface area contributed by atoms with Gasteiger partial charge < -0.3 is 26.2 Å². The number of hydrogen-bond donors (Lipinski definition) is 0. The molecule has 0 aromatic rings. The largest absolute Gasteiger partial charge is 1.00 e. The first-order valence-electron chi connectivity index (χ1n) is 5.68. The van der Waals surface area contributed by atoms with E-state index in [9.17, 15) is 0 Å². The van der Waals surface area contributed by atoms with Crippen LogP contribution in [0.15, 0.2) is 0 Å².